The maximum absolute atomic E-state index is 12.2. The first-order valence-electron chi connectivity index (χ1n) is 12.5. The third kappa shape index (κ3) is 19.0. The molecule has 0 radical (unpaired) electrons. The van der Waals surface area contributed by atoms with Gasteiger partial charge in [-0.25, -0.2) is 0 Å². The SMILES string of the molecule is CCCCCC(=O)CC(CCCC)CCCCCCCCCC(=O)OCC(O)CO. The molecule has 0 aromatic rings. The van der Waals surface area contributed by atoms with E-state index in [-0.39, 0.29) is 19.2 Å². The number of hydrogen-bond donors (Lipinski definition) is 2. The van der Waals surface area contributed by atoms with Crippen LogP contribution in [0.4, 0.5) is 0 Å². The summed E-state index contributed by atoms with van der Waals surface area (Å²) in [5.41, 5.74) is 0. The molecule has 30 heavy (non-hydrogen) atoms. The maximum Gasteiger partial charge on any atom is 0.305 e. The molecule has 0 heterocycles. The van der Waals surface area contributed by atoms with Gasteiger partial charge >= 0.3 is 5.97 Å². The highest BCUT2D eigenvalue weighted by Gasteiger charge is 2.13. The van der Waals surface area contributed by atoms with Gasteiger partial charge in [-0.3, -0.25) is 9.59 Å². The van der Waals surface area contributed by atoms with Crippen LogP contribution in [0.1, 0.15) is 123 Å². The first-order valence-corrected chi connectivity index (χ1v) is 12.5. The Balaban J connectivity index is 3.71. The van der Waals surface area contributed by atoms with E-state index < -0.39 is 6.10 Å². The van der Waals surface area contributed by atoms with Crippen LogP contribution in [0.15, 0.2) is 0 Å². The summed E-state index contributed by atoms with van der Waals surface area (Å²) in [6.07, 6.45) is 17.0. The quantitative estimate of drug-likeness (QED) is 0.170. The highest BCUT2D eigenvalue weighted by Crippen LogP contribution is 2.22. The molecule has 2 unspecified atom stereocenters. The number of Topliss-reactive ketones (excluding diaryl/α,β-unsaturated/α-hetero) is 1. The van der Waals surface area contributed by atoms with Crippen LogP contribution in [0.25, 0.3) is 0 Å². The maximum atomic E-state index is 12.2. The number of aliphatic hydroxyl groups is 2. The minimum absolute atomic E-state index is 0.126. The summed E-state index contributed by atoms with van der Waals surface area (Å²) < 4.78 is 4.89. The van der Waals surface area contributed by atoms with E-state index in [1.165, 1.54) is 64.2 Å². The molecule has 5 heteroatoms. The lowest BCUT2D eigenvalue weighted by molar-refractivity contribution is -0.147. The van der Waals surface area contributed by atoms with Crippen LogP contribution in [0, 0.1) is 5.92 Å². The molecule has 0 saturated carbocycles. The Labute approximate surface area is 185 Å². The smallest absolute Gasteiger partial charge is 0.305 e. The predicted octanol–water partition coefficient (Wildman–Crippen LogP) is 5.74. The van der Waals surface area contributed by atoms with Crippen LogP contribution >= 0.6 is 0 Å². The van der Waals surface area contributed by atoms with Crippen LogP contribution in [0.3, 0.4) is 0 Å². The molecule has 0 rings (SSSR count). The van der Waals surface area contributed by atoms with Gasteiger partial charge in [0.2, 0.25) is 0 Å². The normalized spacial score (nSPS) is 13.2. The van der Waals surface area contributed by atoms with Gasteiger partial charge in [-0.15, -0.1) is 0 Å². The Morgan fingerprint density at radius 3 is 1.97 bits per heavy atom. The fourth-order valence-corrected chi connectivity index (χ4v) is 3.74. The highest BCUT2D eigenvalue weighted by atomic mass is 16.5. The average Bonchev–Trinajstić information content (AvgIpc) is 2.74. The van der Waals surface area contributed by atoms with Crippen molar-refractivity contribution in [1.29, 1.82) is 0 Å². The Kier molecular flexibility index (Phi) is 20.6. The molecule has 0 fully saturated rings. The van der Waals surface area contributed by atoms with Gasteiger partial charge in [-0.1, -0.05) is 90.9 Å². The van der Waals surface area contributed by atoms with E-state index in [0.717, 1.165) is 38.5 Å². The van der Waals surface area contributed by atoms with Crippen molar-refractivity contribution in [3.8, 4) is 0 Å². The van der Waals surface area contributed by atoms with Crippen LogP contribution in [-0.2, 0) is 14.3 Å². The summed E-state index contributed by atoms with van der Waals surface area (Å²) in [7, 11) is 0. The molecule has 5 nitrogen and oxygen atoms in total. The molecule has 0 aliphatic heterocycles. The molecule has 0 saturated heterocycles. The van der Waals surface area contributed by atoms with Gasteiger partial charge in [0.1, 0.15) is 18.5 Å². The second-order valence-electron chi connectivity index (χ2n) is 8.74. The molecule has 178 valence electrons. The largest absolute Gasteiger partial charge is 0.463 e. The molecular formula is C25H48O5. The number of hydrogen-bond acceptors (Lipinski definition) is 5. The Morgan fingerprint density at radius 1 is 0.767 bits per heavy atom. The van der Waals surface area contributed by atoms with Crippen molar-refractivity contribution in [3.05, 3.63) is 0 Å². The number of carbonyl (C=O) groups excluding carboxylic acids is 2. The van der Waals surface area contributed by atoms with Crippen molar-refractivity contribution in [2.75, 3.05) is 13.2 Å². The first-order chi connectivity index (χ1) is 14.5. The molecule has 0 aliphatic rings. The number of ether oxygens (including phenoxy) is 1. The lowest BCUT2D eigenvalue weighted by Crippen LogP contribution is -2.21. The molecular weight excluding hydrogens is 380 g/mol. The molecule has 2 atom stereocenters. The first kappa shape index (κ1) is 29.1. The zero-order valence-corrected chi connectivity index (χ0v) is 19.7. The van der Waals surface area contributed by atoms with Crippen molar-refractivity contribution in [2.24, 2.45) is 5.92 Å². The zero-order chi connectivity index (χ0) is 22.5. The average molecular weight is 429 g/mol. The van der Waals surface area contributed by atoms with Crippen molar-refractivity contribution < 1.29 is 24.5 Å². The van der Waals surface area contributed by atoms with E-state index in [2.05, 4.69) is 13.8 Å². The van der Waals surface area contributed by atoms with Gasteiger partial charge in [0.25, 0.3) is 0 Å². The summed E-state index contributed by atoms with van der Waals surface area (Å²) in [6, 6.07) is 0. The molecule has 0 aromatic carbocycles. The predicted molar refractivity (Wildman–Crippen MR) is 122 cm³/mol. The van der Waals surface area contributed by atoms with E-state index in [1.807, 2.05) is 0 Å². The van der Waals surface area contributed by atoms with Gasteiger partial charge in [-0.2, -0.15) is 0 Å². The minimum Gasteiger partial charge on any atom is -0.463 e. The Morgan fingerprint density at radius 2 is 1.33 bits per heavy atom. The number of aliphatic hydroxyl groups excluding tert-OH is 2. The lowest BCUT2D eigenvalue weighted by Gasteiger charge is -2.16. The van der Waals surface area contributed by atoms with Gasteiger partial charge < -0.3 is 14.9 Å². The fourth-order valence-electron chi connectivity index (χ4n) is 3.74. The van der Waals surface area contributed by atoms with Crippen LogP contribution < -0.4 is 0 Å². The van der Waals surface area contributed by atoms with E-state index in [4.69, 9.17) is 14.9 Å². The summed E-state index contributed by atoms with van der Waals surface area (Å²) in [4.78, 5) is 23.7. The highest BCUT2D eigenvalue weighted by molar-refractivity contribution is 5.78. The summed E-state index contributed by atoms with van der Waals surface area (Å²) in [6.45, 7) is 3.88. The monoisotopic (exact) mass is 428 g/mol. The molecule has 0 bridgehead atoms. The molecule has 0 aromatic heterocycles. The zero-order valence-electron chi connectivity index (χ0n) is 19.7. The second-order valence-corrected chi connectivity index (χ2v) is 8.74. The lowest BCUT2D eigenvalue weighted by atomic mass is 9.89. The third-order valence-electron chi connectivity index (χ3n) is 5.68. The topological polar surface area (TPSA) is 83.8 Å². The molecule has 0 aliphatic carbocycles. The number of unbranched alkanes of at least 4 members (excludes halogenated alkanes) is 9. The van der Waals surface area contributed by atoms with Gasteiger partial charge in [0, 0.05) is 19.3 Å². The molecule has 0 amide bonds. The summed E-state index contributed by atoms with van der Waals surface area (Å²) in [5.74, 6) is 0.744. The van der Waals surface area contributed by atoms with Crippen LogP contribution in [-0.4, -0.2) is 41.3 Å². The van der Waals surface area contributed by atoms with E-state index in [1.54, 1.807) is 0 Å². The van der Waals surface area contributed by atoms with Crippen molar-refractivity contribution in [3.63, 3.8) is 0 Å². The van der Waals surface area contributed by atoms with E-state index >= 15 is 0 Å². The standard InChI is InChI=1S/C25H48O5/c1-3-5-12-17-23(27)19-22(15-6-4-2)16-13-10-8-7-9-11-14-18-25(29)30-21-24(28)20-26/h22,24,26,28H,3-21H2,1-2H3. The van der Waals surface area contributed by atoms with Gasteiger partial charge in [-0.05, 0) is 18.8 Å². The van der Waals surface area contributed by atoms with Crippen molar-refractivity contribution >= 4 is 11.8 Å². The van der Waals surface area contributed by atoms with Gasteiger partial charge in [0.15, 0.2) is 0 Å². The number of ketones is 1. The minimum atomic E-state index is -0.977. The van der Waals surface area contributed by atoms with Crippen molar-refractivity contribution in [2.45, 2.75) is 129 Å². The number of esters is 1. The second kappa shape index (κ2) is 21.3. The van der Waals surface area contributed by atoms with E-state index in [0.29, 0.717) is 18.1 Å². The Hall–Kier alpha value is -0.940. The van der Waals surface area contributed by atoms with Gasteiger partial charge in [0.05, 0.1) is 6.61 Å². The fraction of sp³-hybridized carbons (Fsp3) is 0.920. The van der Waals surface area contributed by atoms with Crippen LogP contribution in [0.2, 0.25) is 0 Å². The summed E-state index contributed by atoms with van der Waals surface area (Å²) >= 11 is 0. The van der Waals surface area contributed by atoms with Crippen LogP contribution in [0.5, 0.6) is 0 Å². The summed E-state index contributed by atoms with van der Waals surface area (Å²) in [5, 5.41) is 17.8. The molecule has 0 spiro atoms. The van der Waals surface area contributed by atoms with Crippen molar-refractivity contribution in [1.82, 2.24) is 0 Å². The number of rotatable bonds is 22. The third-order valence-corrected chi connectivity index (χ3v) is 5.68. The number of carbonyl (C=O) groups is 2. The Bertz CT molecular complexity index is 410. The van der Waals surface area contributed by atoms with E-state index in [9.17, 15) is 9.59 Å². The molecule has 2 N–H and O–H groups in total.